The molecule has 0 saturated carbocycles. The molecule has 0 spiro atoms. The summed E-state index contributed by atoms with van der Waals surface area (Å²) in [6.07, 6.45) is 3.71. The van der Waals surface area contributed by atoms with E-state index in [1.165, 1.54) is 24.8 Å². The lowest BCUT2D eigenvalue weighted by molar-refractivity contribution is 0.354. The molecule has 2 N–H and O–H groups in total. The highest BCUT2D eigenvalue weighted by atomic mass is 16.5. The van der Waals surface area contributed by atoms with Crippen LogP contribution in [-0.2, 0) is 6.54 Å². The Bertz CT molecular complexity index is 388. The van der Waals surface area contributed by atoms with Gasteiger partial charge in [0.1, 0.15) is 0 Å². The fourth-order valence-corrected chi connectivity index (χ4v) is 2.48. The van der Waals surface area contributed by atoms with E-state index in [0.29, 0.717) is 6.04 Å². The second-order valence-corrected chi connectivity index (χ2v) is 4.95. The number of hydrogen-bond acceptors (Lipinski definition) is 4. The molecular weight excluding hydrogens is 240 g/mol. The predicted octanol–water partition coefficient (Wildman–Crippen LogP) is 1.94. The normalized spacial score (nSPS) is 19.8. The van der Waals surface area contributed by atoms with Gasteiger partial charge in [-0.05, 0) is 50.0 Å². The first-order chi connectivity index (χ1) is 9.33. The zero-order chi connectivity index (χ0) is 13.5. The highest BCUT2D eigenvalue weighted by Gasteiger charge is 2.11. The molecular formula is C15H24N2O2. The summed E-state index contributed by atoms with van der Waals surface area (Å²) in [6.45, 7) is 3.14. The highest BCUT2D eigenvalue weighted by molar-refractivity contribution is 5.42. The molecule has 1 aromatic rings. The second kappa shape index (κ2) is 7.36. The van der Waals surface area contributed by atoms with Crippen molar-refractivity contribution >= 4 is 0 Å². The maximum Gasteiger partial charge on any atom is 0.161 e. The minimum absolute atomic E-state index is 0.614. The number of benzene rings is 1. The van der Waals surface area contributed by atoms with Gasteiger partial charge in [0.15, 0.2) is 11.5 Å². The van der Waals surface area contributed by atoms with Crippen molar-refractivity contribution in [3.05, 3.63) is 23.8 Å². The van der Waals surface area contributed by atoms with Gasteiger partial charge in [-0.2, -0.15) is 0 Å². The third-order valence-electron chi connectivity index (χ3n) is 3.62. The molecule has 1 unspecified atom stereocenters. The van der Waals surface area contributed by atoms with Crippen LogP contribution in [0.2, 0.25) is 0 Å². The highest BCUT2D eigenvalue weighted by Crippen LogP contribution is 2.27. The van der Waals surface area contributed by atoms with Crippen LogP contribution in [0.15, 0.2) is 18.2 Å². The van der Waals surface area contributed by atoms with Gasteiger partial charge in [-0.3, -0.25) is 0 Å². The van der Waals surface area contributed by atoms with Crippen LogP contribution in [-0.4, -0.2) is 33.4 Å². The van der Waals surface area contributed by atoms with Gasteiger partial charge in [0.05, 0.1) is 14.2 Å². The van der Waals surface area contributed by atoms with Crippen LogP contribution in [0, 0.1) is 0 Å². The zero-order valence-electron chi connectivity index (χ0n) is 11.9. The Morgan fingerprint density at radius 3 is 2.79 bits per heavy atom. The van der Waals surface area contributed by atoms with Crippen molar-refractivity contribution in [2.24, 2.45) is 0 Å². The molecule has 0 radical (unpaired) electrons. The number of ether oxygens (including phenoxy) is 2. The quantitative estimate of drug-likeness (QED) is 0.853. The molecule has 0 aromatic heterocycles. The molecule has 1 aromatic carbocycles. The number of methoxy groups -OCH3 is 2. The topological polar surface area (TPSA) is 42.5 Å². The Morgan fingerprint density at radius 1 is 1.16 bits per heavy atom. The molecule has 4 heteroatoms. The minimum Gasteiger partial charge on any atom is -0.493 e. The molecule has 19 heavy (non-hydrogen) atoms. The van der Waals surface area contributed by atoms with Crippen molar-refractivity contribution in [2.75, 3.05) is 27.3 Å². The second-order valence-electron chi connectivity index (χ2n) is 4.95. The predicted molar refractivity (Wildman–Crippen MR) is 76.9 cm³/mol. The average molecular weight is 264 g/mol. The lowest BCUT2D eigenvalue weighted by atomic mass is 10.1. The van der Waals surface area contributed by atoms with Crippen molar-refractivity contribution < 1.29 is 9.47 Å². The minimum atomic E-state index is 0.614. The van der Waals surface area contributed by atoms with Crippen molar-refractivity contribution in [2.45, 2.75) is 31.8 Å². The first-order valence-electron chi connectivity index (χ1n) is 6.98. The lowest BCUT2D eigenvalue weighted by Gasteiger charge is -2.16. The van der Waals surface area contributed by atoms with Gasteiger partial charge >= 0.3 is 0 Å². The summed E-state index contributed by atoms with van der Waals surface area (Å²) < 4.78 is 10.6. The fourth-order valence-electron chi connectivity index (χ4n) is 2.48. The Hall–Kier alpha value is -1.26. The van der Waals surface area contributed by atoms with E-state index < -0.39 is 0 Å². The number of hydrogen-bond donors (Lipinski definition) is 2. The summed E-state index contributed by atoms with van der Waals surface area (Å²) in [5.74, 6) is 1.58. The lowest BCUT2D eigenvalue weighted by Crippen LogP contribution is -2.29. The van der Waals surface area contributed by atoms with Gasteiger partial charge in [-0.25, -0.2) is 0 Å². The van der Waals surface area contributed by atoms with Crippen LogP contribution in [0.3, 0.4) is 0 Å². The molecule has 0 bridgehead atoms. The first kappa shape index (κ1) is 14.2. The molecule has 4 nitrogen and oxygen atoms in total. The summed E-state index contributed by atoms with van der Waals surface area (Å²) in [5, 5.41) is 7.06. The van der Waals surface area contributed by atoms with Gasteiger partial charge in [0.25, 0.3) is 0 Å². The summed E-state index contributed by atoms with van der Waals surface area (Å²) in [4.78, 5) is 0. The fraction of sp³-hybridized carbons (Fsp3) is 0.600. The molecule has 1 atom stereocenters. The van der Waals surface area contributed by atoms with E-state index in [0.717, 1.165) is 31.1 Å². The molecule has 1 fully saturated rings. The molecule has 0 amide bonds. The molecule has 0 aliphatic carbocycles. The first-order valence-corrected chi connectivity index (χ1v) is 6.98. The van der Waals surface area contributed by atoms with Gasteiger partial charge in [0, 0.05) is 12.6 Å². The Labute approximate surface area is 115 Å². The zero-order valence-corrected chi connectivity index (χ0v) is 11.9. The molecule has 1 aliphatic rings. The standard InChI is InChI=1S/C15H24N2O2/c1-18-14-6-5-12(10-15(14)19-2)11-17-13-4-3-8-16-9-7-13/h5-6,10,13,16-17H,3-4,7-9,11H2,1-2H3. The van der Waals surface area contributed by atoms with Gasteiger partial charge < -0.3 is 20.1 Å². The monoisotopic (exact) mass is 264 g/mol. The van der Waals surface area contributed by atoms with Crippen LogP contribution < -0.4 is 20.1 Å². The maximum absolute atomic E-state index is 5.33. The Kier molecular flexibility index (Phi) is 5.48. The maximum atomic E-state index is 5.33. The van der Waals surface area contributed by atoms with E-state index in [9.17, 15) is 0 Å². The largest absolute Gasteiger partial charge is 0.493 e. The average Bonchev–Trinajstić information content (AvgIpc) is 2.73. The van der Waals surface area contributed by atoms with Crippen LogP contribution >= 0.6 is 0 Å². The molecule has 1 aliphatic heterocycles. The van der Waals surface area contributed by atoms with Crippen molar-refractivity contribution in [3.63, 3.8) is 0 Å². The van der Waals surface area contributed by atoms with E-state index in [4.69, 9.17) is 9.47 Å². The van der Waals surface area contributed by atoms with E-state index in [2.05, 4.69) is 16.7 Å². The van der Waals surface area contributed by atoms with Gasteiger partial charge in [0.2, 0.25) is 0 Å². The Morgan fingerprint density at radius 2 is 2.00 bits per heavy atom. The van der Waals surface area contributed by atoms with Crippen molar-refractivity contribution in [3.8, 4) is 11.5 Å². The van der Waals surface area contributed by atoms with E-state index in [1.54, 1.807) is 14.2 Å². The van der Waals surface area contributed by atoms with E-state index in [1.807, 2.05) is 12.1 Å². The van der Waals surface area contributed by atoms with Crippen molar-refractivity contribution in [1.29, 1.82) is 0 Å². The third kappa shape index (κ3) is 4.11. The van der Waals surface area contributed by atoms with Crippen LogP contribution in [0.5, 0.6) is 11.5 Å². The van der Waals surface area contributed by atoms with Crippen LogP contribution in [0.25, 0.3) is 0 Å². The van der Waals surface area contributed by atoms with Crippen molar-refractivity contribution in [1.82, 2.24) is 10.6 Å². The molecule has 1 heterocycles. The van der Waals surface area contributed by atoms with Crippen LogP contribution in [0.1, 0.15) is 24.8 Å². The molecule has 2 rings (SSSR count). The van der Waals surface area contributed by atoms with Gasteiger partial charge in [-0.15, -0.1) is 0 Å². The molecule has 1 saturated heterocycles. The van der Waals surface area contributed by atoms with E-state index >= 15 is 0 Å². The van der Waals surface area contributed by atoms with Crippen LogP contribution in [0.4, 0.5) is 0 Å². The molecule has 106 valence electrons. The van der Waals surface area contributed by atoms with Gasteiger partial charge in [-0.1, -0.05) is 6.07 Å². The summed E-state index contributed by atoms with van der Waals surface area (Å²) in [6, 6.07) is 6.71. The third-order valence-corrected chi connectivity index (χ3v) is 3.62. The Balaban J connectivity index is 1.91. The summed E-state index contributed by atoms with van der Waals surface area (Å²) in [5.41, 5.74) is 1.23. The summed E-state index contributed by atoms with van der Waals surface area (Å²) >= 11 is 0. The summed E-state index contributed by atoms with van der Waals surface area (Å²) in [7, 11) is 3.33. The number of nitrogens with one attached hydrogen (secondary N) is 2. The number of rotatable bonds is 5. The van der Waals surface area contributed by atoms with E-state index in [-0.39, 0.29) is 0 Å². The smallest absolute Gasteiger partial charge is 0.161 e. The SMILES string of the molecule is COc1ccc(CNC2CCCNCC2)cc1OC.